The summed E-state index contributed by atoms with van der Waals surface area (Å²) in [7, 11) is 1.64. The molecule has 1 rings (SSSR count). The van der Waals surface area contributed by atoms with Crippen LogP contribution in [0.25, 0.3) is 0 Å². The van der Waals surface area contributed by atoms with Gasteiger partial charge in [-0.1, -0.05) is 12.1 Å². The van der Waals surface area contributed by atoms with Crippen molar-refractivity contribution >= 4 is 17.3 Å². The second-order valence-electron chi connectivity index (χ2n) is 3.23. The van der Waals surface area contributed by atoms with Crippen LogP contribution in [0.15, 0.2) is 24.3 Å². The van der Waals surface area contributed by atoms with Crippen LogP contribution in [0.4, 0.5) is 4.39 Å². The molecule has 0 saturated heterocycles. The van der Waals surface area contributed by atoms with Crippen LogP contribution in [0.2, 0.25) is 0 Å². The van der Waals surface area contributed by atoms with E-state index in [1.54, 1.807) is 19.2 Å². The van der Waals surface area contributed by atoms with Gasteiger partial charge >= 0.3 is 0 Å². The maximum absolute atomic E-state index is 12.6. The number of ether oxygens (including phenoxy) is 1. The second kappa shape index (κ2) is 7.14. The molecule has 0 unspecified atom stereocenters. The number of methoxy groups -OCH3 is 1. The molecule has 0 spiro atoms. The molecule has 0 aliphatic carbocycles. The van der Waals surface area contributed by atoms with Crippen molar-refractivity contribution in [2.45, 2.75) is 6.54 Å². The Morgan fingerprint density at radius 3 is 2.62 bits per heavy atom. The fourth-order valence-electron chi connectivity index (χ4n) is 1.11. The molecule has 0 heterocycles. The molecular formula is C11H15FN2OS. The Bertz CT molecular complexity index is 329. The zero-order valence-electron chi connectivity index (χ0n) is 9.13. The van der Waals surface area contributed by atoms with Crippen LogP contribution in [0.1, 0.15) is 5.56 Å². The molecule has 0 fully saturated rings. The highest BCUT2D eigenvalue weighted by atomic mass is 32.1. The minimum atomic E-state index is -0.232. The van der Waals surface area contributed by atoms with Crippen LogP contribution in [0, 0.1) is 5.82 Å². The van der Waals surface area contributed by atoms with Gasteiger partial charge in [0.05, 0.1) is 6.61 Å². The van der Waals surface area contributed by atoms with Gasteiger partial charge in [-0.15, -0.1) is 0 Å². The summed E-state index contributed by atoms with van der Waals surface area (Å²) in [4.78, 5) is 0. The average molecular weight is 242 g/mol. The number of hydrogen-bond donors (Lipinski definition) is 2. The molecule has 0 aliphatic rings. The lowest BCUT2D eigenvalue weighted by atomic mass is 10.2. The van der Waals surface area contributed by atoms with E-state index >= 15 is 0 Å². The van der Waals surface area contributed by atoms with E-state index in [9.17, 15) is 4.39 Å². The van der Waals surface area contributed by atoms with Crippen LogP contribution in [0.3, 0.4) is 0 Å². The van der Waals surface area contributed by atoms with Crippen LogP contribution >= 0.6 is 12.2 Å². The van der Waals surface area contributed by atoms with Crippen molar-refractivity contribution in [3.05, 3.63) is 35.6 Å². The highest BCUT2D eigenvalue weighted by Gasteiger charge is 1.96. The Hall–Kier alpha value is -1.20. The minimum Gasteiger partial charge on any atom is -0.383 e. The Morgan fingerprint density at radius 2 is 2.00 bits per heavy atom. The lowest BCUT2D eigenvalue weighted by Crippen LogP contribution is -2.36. The van der Waals surface area contributed by atoms with Crippen molar-refractivity contribution in [3.8, 4) is 0 Å². The van der Waals surface area contributed by atoms with Gasteiger partial charge in [0, 0.05) is 20.2 Å². The van der Waals surface area contributed by atoms with E-state index in [4.69, 9.17) is 17.0 Å². The van der Waals surface area contributed by atoms with Gasteiger partial charge in [-0.05, 0) is 29.9 Å². The van der Waals surface area contributed by atoms with Crippen molar-refractivity contribution in [1.82, 2.24) is 10.6 Å². The zero-order chi connectivity index (χ0) is 11.8. The summed E-state index contributed by atoms with van der Waals surface area (Å²) in [5.74, 6) is -0.232. The van der Waals surface area contributed by atoms with Gasteiger partial charge in [-0.25, -0.2) is 4.39 Å². The highest BCUT2D eigenvalue weighted by molar-refractivity contribution is 7.80. The lowest BCUT2D eigenvalue weighted by molar-refractivity contribution is 0.204. The molecule has 16 heavy (non-hydrogen) atoms. The Labute approximate surface area is 100.0 Å². The summed E-state index contributed by atoms with van der Waals surface area (Å²) >= 11 is 5.04. The fraction of sp³-hybridized carbons (Fsp3) is 0.364. The molecule has 0 amide bonds. The van der Waals surface area contributed by atoms with Gasteiger partial charge in [-0.3, -0.25) is 0 Å². The van der Waals surface area contributed by atoms with Gasteiger partial charge in [0.2, 0.25) is 0 Å². The molecule has 0 radical (unpaired) electrons. The van der Waals surface area contributed by atoms with Crippen LogP contribution < -0.4 is 10.6 Å². The normalized spacial score (nSPS) is 9.88. The predicted molar refractivity (Wildman–Crippen MR) is 65.7 cm³/mol. The Balaban J connectivity index is 2.23. The number of rotatable bonds is 5. The van der Waals surface area contributed by atoms with Crippen LogP contribution in [-0.2, 0) is 11.3 Å². The average Bonchev–Trinajstić information content (AvgIpc) is 2.29. The number of hydrogen-bond acceptors (Lipinski definition) is 2. The Morgan fingerprint density at radius 1 is 1.31 bits per heavy atom. The smallest absolute Gasteiger partial charge is 0.166 e. The van der Waals surface area contributed by atoms with Crippen molar-refractivity contribution in [2.75, 3.05) is 20.3 Å². The molecule has 3 nitrogen and oxygen atoms in total. The summed E-state index contributed by atoms with van der Waals surface area (Å²) in [6, 6.07) is 6.30. The molecule has 0 aliphatic heterocycles. The first kappa shape index (κ1) is 12.9. The van der Waals surface area contributed by atoms with Crippen molar-refractivity contribution in [1.29, 1.82) is 0 Å². The van der Waals surface area contributed by atoms with Crippen molar-refractivity contribution in [2.24, 2.45) is 0 Å². The van der Waals surface area contributed by atoms with E-state index in [1.165, 1.54) is 12.1 Å². The molecule has 0 atom stereocenters. The predicted octanol–water partition coefficient (Wildman–Crippen LogP) is 1.44. The topological polar surface area (TPSA) is 33.3 Å². The summed E-state index contributed by atoms with van der Waals surface area (Å²) in [5, 5.41) is 6.58. The number of nitrogens with one attached hydrogen (secondary N) is 2. The van der Waals surface area contributed by atoms with E-state index in [-0.39, 0.29) is 5.82 Å². The maximum Gasteiger partial charge on any atom is 0.166 e. The van der Waals surface area contributed by atoms with E-state index < -0.39 is 0 Å². The SMILES string of the molecule is COCCNC(=S)NCc1ccc(F)cc1. The third kappa shape index (κ3) is 5.04. The number of halogens is 1. The minimum absolute atomic E-state index is 0.232. The van der Waals surface area contributed by atoms with Crippen molar-refractivity contribution in [3.63, 3.8) is 0 Å². The quantitative estimate of drug-likeness (QED) is 0.604. The summed E-state index contributed by atoms with van der Waals surface area (Å²) in [6.45, 7) is 1.86. The van der Waals surface area contributed by atoms with Gasteiger partial charge in [0.25, 0.3) is 0 Å². The van der Waals surface area contributed by atoms with Crippen LogP contribution in [-0.4, -0.2) is 25.4 Å². The van der Waals surface area contributed by atoms with Gasteiger partial charge in [0.1, 0.15) is 5.82 Å². The Kier molecular flexibility index (Phi) is 5.74. The standard InChI is InChI=1S/C11H15FN2OS/c1-15-7-6-13-11(16)14-8-9-2-4-10(12)5-3-9/h2-5H,6-8H2,1H3,(H2,13,14,16). The molecule has 5 heteroatoms. The van der Waals surface area contributed by atoms with E-state index in [0.717, 1.165) is 5.56 Å². The molecular weight excluding hydrogens is 227 g/mol. The zero-order valence-corrected chi connectivity index (χ0v) is 9.94. The summed E-state index contributed by atoms with van der Waals surface area (Å²) in [6.07, 6.45) is 0. The third-order valence-electron chi connectivity index (χ3n) is 1.96. The van der Waals surface area contributed by atoms with E-state index in [1.807, 2.05) is 0 Å². The second-order valence-corrected chi connectivity index (χ2v) is 3.64. The third-order valence-corrected chi connectivity index (χ3v) is 2.25. The van der Waals surface area contributed by atoms with Gasteiger partial charge in [0.15, 0.2) is 5.11 Å². The molecule has 88 valence electrons. The fourth-order valence-corrected chi connectivity index (χ4v) is 1.29. The molecule has 0 aromatic heterocycles. The molecule has 0 bridgehead atoms. The number of thiocarbonyl (C=S) groups is 1. The maximum atomic E-state index is 12.6. The lowest BCUT2D eigenvalue weighted by Gasteiger charge is -2.09. The van der Waals surface area contributed by atoms with Gasteiger partial charge < -0.3 is 15.4 Å². The molecule has 1 aromatic carbocycles. The van der Waals surface area contributed by atoms with E-state index in [2.05, 4.69) is 10.6 Å². The first-order valence-electron chi connectivity index (χ1n) is 4.97. The van der Waals surface area contributed by atoms with Crippen LogP contribution in [0.5, 0.6) is 0 Å². The first-order chi connectivity index (χ1) is 7.72. The van der Waals surface area contributed by atoms with Gasteiger partial charge in [-0.2, -0.15) is 0 Å². The molecule has 0 saturated carbocycles. The van der Waals surface area contributed by atoms with Crippen molar-refractivity contribution < 1.29 is 9.13 Å². The summed E-state index contributed by atoms with van der Waals surface area (Å²) in [5.41, 5.74) is 0.984. The molecule has 2 N–H and O–H groups in total. The number of benzene rings is 1. The summed E-state index contributed by atoms with van der Waals surface area (Å²) < 4.78 is 17.5. The van der Waals surface area contributed by atoms with E-state index in [0.29, 0.717) is 24.8 Å². The monoisotopic (exact) mass is 242 g/mol. The largest absolute Gasteiger partial charge is 0.383 e. The highest BCUT2D eigenvalue weighted by Crippen LogP contribution is 2.01. The first-order valence-corrected chi connectivity index (χ1v) is 5.38. The molecule has 1 aromatic rings.